The van der Waals surface area contributed by atoms with Crippen molar-refractivity contribution in [1.29, 1.82) is 5.26 Å². The fourth-order valence-corrected chi connectivity index (χ4v) is 4.32. The monoisotopic (exact) mass is 730 g/mol. The second kappa shape index (κ2) is 16.7. The number of aromatic nitrogens is 3. The highest BCUT2D eigenvalue weighted by atomic mass is 35.6. The van der Waals surface area contributed by atoms with Crippen molar-refractivity contribution >= 4 is 69.9 Å². The molecule has 0 aliphatic rings. The Morgan fingerprint density at radius 2 is 1.74 bits per heavy atom. The number of nitrogens with zero attached hydrogens (tertiary/aromatic N) is 4. The molecule has 16 heteroatoms. The Morgan fingerprint density at radius 1 is 1.07 bits per heavy atom. The van der Waals surface area contributed by atoms with Gasteiger partial charge in [-0.05, 0) is 74.0 Å². The minimum Gasteiger partial charge on any atom is -0.479 e. The number of nitriles is 1. The van der Waals surface area contributed by atoms with Gasteiger partial charge in [-0.15, -0.1) is 5.10 Å². The van der Waals surface area contributed by atoms with Crippen molar-refractivity contribution in [2.24, 2.45) is 0 Å². The predicted octanol–water partition coefficient (Wildman–Crippen LogP) is 8.70. The van der Waals surface area contributed by atoms with Crippen LogP contribution < -0.4 is 9.47 Å². The van der Waals surface area contributed by atoms with Gasteiger partial charge in [0.25, 0.3) is 5.82 Å². The van der Waals surface area contributed by atoms with Crippen molar-refractivity contribution in [1.82, 2.24) is 14.8 Å². The van der Waals surface area contributed by atoms with Crippen LogP contribution in [0.1, 0.15) is 48.7 Å². The van der Waals surface area contributed by atoms with Crippen LogP contribution in [0.25, 0.3) is 5.69 Å². The fraction of sp³-hybridized carbons (Fsp3) is 0.233. The number of ether oxygens (including phenoxy) is 3. The number of halogens is 6. The van der Waals surface area contributed by atoms with Crippen LogP contribution in [-0.2, 0) is 13.3 Å². The molecule has 4 aromatic rings. The van der Waals surface area contributed by atoms with E-state index in [-0.39, 0.29) is 27.8 Å². The third kappa shape index (κ3) is 10.4. The van der Waals surface area contributed by atoms with Crippen LogP contribution in [0, 0.1) is 17.1 Å². The molecule has 1 aromatic heterocycles. The van der Waals surface area contributed by atoms with Gasteiger partial charge >= 0.3 is 11.9 Å². The average Bonchev–Trinajstić information content (AvgIpc) is 3.46. The number of aromatic carboxylic acids is 1. The van der Waals surface area contributed by atoms with E-state index in [4.69, 9.17) is 82.6 Å². The summed E-state index contributed by atoms with van der Waals surface area (Å²) >= 11 is 29.1. The summed E-state index contributed by atoms with van der Waals surface area (Å²) in [5.41, 5.74) is 0.510. The molecule has 0 aliphatic carbocycles. The molecule has 242 valence electrons. The summed E-state index contributed by atoms with van der Waals surface area (Å²) in [6, 6.07) is 16.8. The van der Waals surface area contributed by atoms with E-state index >= 15 is 0 Å². The molecule has 0 fully saturated rings. The first-order valence-electron chi connectivity index (χ1n) is 13.3. The fourth-order valence-electron chi connectivity index (χ4n) is 3.46. The van der Waals surface area contributed by atoms with Crippen molar-refractivity contribution in [3.63, 3.8) is 0 Å². The zero-order valence-corrected chi connectivity index (χ0v) is 27.8. The van der Waals surface area contributed by atoms with Crippen LogP contribution in [0.3, 0.4) is 0 Å². The number of rotatable bonds is 10. The number of alkyl halides is 3. The van der Waals surface area contributed by atoms with Gasteiger partial charge < -0.3 is 19.3 Å². The van der Waals surface area contributed by atoms with E-state index in [1.807, 2.05) is 13.0 Å². The van der Waals surface area contributed by atoms with E-state index in [9.17, 15) is 14.0 Å². The van der Waals surface area contributed by atoms with Gasteiger partial charge in [0.2, 0.25) is 3.79 Å². The van der Waals surface area contributed by atoms with E-state index in [0.29, 0.717) is 23.1 Å². The summed E-state index contributed by atoms with van der Waals surface area (Å²) < 4.78 is 29.0. The lowest BCUT2D eigenvalue weighted by Crippen LogP contribution is -2.26. The molecule has 46 heavy (non-hydrogen) atoms. The topological polar surface area (TPSA) is 137 Å². The number of carbonyl (C=O) groups is 2. The average molecular weight is 733 g/mol. The smallest absolute Gasteiger partial charge is 0.375 e. The largest absolute Gasteiger partial charge is 0.479 e. The van der Waals surface area contributed by atoms with E-state index in [1.165, 1.54) is 30.3 Å². The number of carboxylic acid groups (broad SMARTS) is 1. The quantitative estimate of drug-likeness (QED) is 0.0965. The Balaban J connectivity index is 0.000000259. The zero-order valence-electron chi connectivity index (χ0n) is 24.0. The standard InChI is InChI=1S/C20H20FNO4.C10H4Cl5N3O2/c1-3-4-11-24-20(23)14(2)25-16-6-8-17(9-7-16)26-19-10-5-15(13-22)12-18(19)21;11-4-1-2-6(5(12)3-4)18-9(10(13,14)15)16-7(17-18)8(19)20/h5-10,12,14H,3-4,11H2,1-2H3;1-3H,(H,19,20)/t14-;/m1./s1. The Morgan fingerprint density at radius 3 is 2.30 bits per heavy atom. The van der Waals surface area contributed by atoms with Gasteiger partial charge in [-0.3, -0.25) is 0 Å². The summed E-state index contributed by atoms with van der Waals surface area (Å²) in [4.78, 5) is 26.4. The normalized spacial score (nSPS) is 11.5. The van der Waals surface area contributed by atoms with Gasteiger partial charge in [0.1, 0.15) is 11.5 Å². The molecule has 1 N–H and O–H groups in total. The molecule has 0 saturated heterocycles. The highest BCUT2D eigenvalue weighted by Crippen LogP contribution is 2.39. The molecule has 10 nitrogen and oxygen atoms in total. The van der Waals surface area contributed by atoms with Gasteiger partial charge in [-0.1, -0.05) is 71.3 Å². The number of carbonyl (C=O) groups excluding carboxylic acids is 1. The number of benzene rings is 3. The van der Waals surface area contributed by atoms with Crippen molar-refractivity contribution in [3.05, 3.63) is 93.7 Å². The summed E-state index contributed by atoms with van der Waals surface area (Å²) in [6.07, 6.45) is 1.04. The SMILES string of the molecule is CCCCOC(=O)[C@@H](C)Oc1ccc(Oc2ccc(C#N)cc2F)cc1.O=C(O)c1nc(C(Cl)(Cl)Cl)n(-c2ccc(Cl)cc2Cl)n1. The number of hydrogen-bond acceptors (Lipinski definition) is 8. The molecule has 0 bridgehead atoms. The molecule has 0 saturated carbocycles. The molecule has 0 spiro atoms. The number of unbranched alkanes of at least 4 members (excludes halogenated alkanes) is 1. The van der Waals surface area contributed by atoms with Crippen molar-refractivity contribution < 1.29 is 33.3 Å². The third-order valence-electron chi connectivity index (χ3n) is 5.69. The minimum atomic E-state index is -1.97. The molecular weight excluding hydrogens is 709 g/mol. The molecule has 4 rings (SSSR count). The molecule has 0 aliphatic heterocycles. The first kappa shape index (κ1) is 36.7. The minimum absolute atomic E-state index is 0.0190. The van der Waals surface area contributed by atoms with E-state index < -0.39 is 33.5 Å². The van der Waals surface area contributed by atoms with Gasteiger partial charge in [-0.2, -0.15) is 5.26 Å². The van der Waals surface area contributed by atoms with Crippen LogP contribution in [0.4, 0.5) is 4.39 Å². The zero-order chi connectivity index (χ0) is 34.0. The first-order valence-corrected chi connectivity index (χ1v) is 15.2. The summed E-state index contributed by atoms with van der Waals surface area (Å²) in [6.45, 7) is 4.01. The lowest BCUT2D eigenvalue weighted by molar-refractivity contribution is -0.151. The van der Waals surface area contributed by atoms with E-state index in [1.54, 1.807) is 31.2 Å². The summed E-state index contributed by atoms with van der Waals surface area (Å²) in [7, 11) is 0. The van der Waals surface area contributed by atoms with Crippen molar-refractivity contribution in [3.8, 4) is 29.0 Å². The van der Waals surface area contributed by atoms with Crippen LogP contribution >= 0.6 is 58.0 Å². The number of hydrogen-bond donors (Lipinski definition) is 1. The molecule has 0 amide bonds. The summed E-state index contributed by atoms with van der Waals surface area (Å²) in [5.74, 6) is -2.21. The lowest BCUT2D eigenvalue weighted by Gasteiger charge is -2.14. The van der Waals surface area contributed by atoms with Gasteiger partial charge in [0.15, 0.2) is 23.5 Å². The number of carboxylic acids is 1. The highest BCUT2D eigenvalue weighted by Gasteiger charge is 2.33. The van der Waals surface area contributed by atoms with Gasteiger partial charge in [0.05, 0.1) is 28.9 Å². The summed E-state index contributed by atoms with van der Waals surface area (Å²) in [5, 5.41) is 22.0. The van der Waals surface area contributed by atoms with Gasteiger partial charge in [-0.25, -0.2) is 23.6 Å². The van der Waals surface area contributed by atoms with Crippen LogP contribution in [0.2, 0.25) is 10.0 Å². The predicted molar refractivity (Wildman–Crippen MR) is 171 cm³/mol. The highest BCUT2D eigenvalue weighted by molar-refractivity contribution is 6.66. The van der Waals surface area contributed by atoms with Crippen molar-refractivity contribution in [2.75, 3.05) is 6.61 Å². The van der Waals surface area contributed by atoms with E-state index in [2.05, 4.69) is 10.1 Å². The maximum Gasteiger partial charge on any atom is 0.375 e. The number of esters is 1. The Bertz CT molecular complexity index is 1720. The van der Waals surface area contributed by atoms with Crippen LogP contribution in [0.5, 0.6) is 17.2 Å². The van der Waals surface area contributed by atoms with Gasteiger partial charge in [0, 0.05) is 5.02 Å². The lowest BCUT2D eigenvalue weighted by atomic mass is 10.2. The molecule has 1 heterocycles. The van der Waals surface area contributed by atoms with E-state index in [0.717, 1.165) is 23.6 Å². The molecular formula is C30H24Cl5FN4O6. The first-order chi connectivity index (χ1) is 21.7. The molecule has 0 radical (unpaired) electrons. The van der Waals surface area contributed by atoms with Crippen LogP contribution in [0.15, 0.2) is 60.7 Å². The Hall–Kier alpha value is -3.79. The molecule has 3 aromatic carbocycles. The maximum atomic E-state index is 13.8. The Labute approximate surface area is 288 Å². The maximum absolute atomic E-state index is 13.8. The molecule has 1 atom stereocenters. The Kier molecular flexibility index (Phi) is 13.3. The second-order valence-electron chi connectivity index (χ2n) is 9.18. The second-order valence-corrected chi connectivity index (χ2v) is 12.3. The third-order valence-corrected chi connectivity index (χ3v) is 6.73. The molecule has 0 unspecified atom stereocenters. The van der Waals surface area contributed by atoms with Crippen LogP contribution in [-0.4, -0.2) is 44.5 Å². The van der Waals surface area contributed by atoms with Crippen molar-refractivity contribution in [2.45, 2.75) is 36.6 Å².